The number of aromatic nitrogens is 2. The van der Waals surface area contributed by atoms with Gasteiger partial charge in [-0.1, -0.05) is 0 Å². The summed E-state index contributed by atoms with van der Waals surface area (Å²) >= 11 is 3.41. The molecule has 0 amide bonds. The summed E-state index contributed by atoms with van der Waals surface area (Å²) in [6, 6.07) is 0. The Labute approximate surface area is 79.9 Å². The summed E-state index contributed by atoms with van der Waals surface area (Å²) in [5, 5.41) is 4.25. The Bertz CT molecular complexity index is 270. The van der Waals surface area contributed by atoms with Gasteiger partial charge in [0.25, 0.3) is 0 Å². The Kier molecular flexibility index (Phi) is 3.26. The van der Waals surface area contributed by atoms with Gasteiger partial charge in [-0.15, -0.1) is 0 Å². The molecular weight excluding hydrogens is 223 g/mol. The Morgan fingerprint density at radius 3 is 2.58 bits per heavy atom. The number of nitrogens with zero attached hydrogens (tertiary/aromatic N) is 2. The first-order valence-electron chi connectivity index (χ1n) is 3.92. The second kappa shape index (κ2) is 4.03. The van der Waals surface area contributed by atoms with Crippen LogP contribution in [0.15, 0.2) is 4.47 Å². The lowest BCUT2D eigenvalue weighted by molar-refractivity contribution is 0.431. The van der Waals surface area contributed by atoms with E-state index in [0.717, 1.165) is 15.9 Å². The van der Waals surface area contributed by atoms with Crippen LogP contribution in [0, 0.1) is 13.8 Å². The minimum absolute atomic E-state index is 0.282. The summed E-state index contributed by atoms with van der Waals surface area (Å²) in [6.45, 7) is 4.29. The lowest BCUT2D eigenvalue weighted by Crippen LogP contribution is -2.03. The molecule has 1 aromatic heterocycles. The van der Waals surface area contributed by atoms with Crippen molar-refractivity contribution in [3.63, 3.8) is 0 Å². The van der Waals surface area contributed by atoms with Gasteiger partial charge >= 0.3 is 0 Å². The van der Waals surface area contributed by atoms with E-state index in [9.17, 15) is 4.39 Å². The molecule has 0 saturated heterocycles. The molecule has 0 aromatic carbocycles. The van der Waals surface area contributed by atoms with Crippen molar-refractivity contribution in [1.29, 1.82) is 0 Å². The number of rotatable bonds is 3. The SMILES string of the molecule is Cc1nn(CCCF)c(C)c1Br. The third-order valence-electron chi connectivity index (χ3n) is 1.80. The maximum absolute atomic E-state index is 11.9. The topological polar surface area (TPSA) is 17.8 Å². The standard InChI is InChI=1S/C8H12BrFN2/c1-6-8(9)7(2)12(11-6)5-3-4-10/h3-5H2,1-2H3. The molecular formula is C8H12BrFN2. The smallest absolute Gasteiger partial charge is 0.0912 e. The molecule has 0 radical (unpaired) electrons. The first-order valence-corrected chi connectivity index (χ1v) is 4.71. The minimum atomic E-state index is -0.282. The summed E-state index contributed by atoms with van der Waals surface area (Å²) in [5.41, 5.74) is 2.03. The molecule has 2 nitrogen and oxygen atoms in total. The Hall–Kier alpha value is -0.380. The normalized spacial score (nSPS) is 10.7. The molecule has 4 heteroatoms. The third-order valence-corrected chi connectivity index (χ3v) is 2.94. The van der Waals surface area contributed by atoms with E-state index < -0.39 is 0 Å². The van der Waals surface area contributed by atoms with Crippen molar-refractivity contribution < 1.29 is 4.39 Å². The van der Waals surface area contributed by atoms with Crippen LogP contribution in [-0.4, -0.2) is 16.5 Å². The molecule has 0 aliphatic rings. The fourth-order valence-electron chi connectivity index (χ4n) is 1.10. The van der Waals surface area contributed by atoms with Crippen molar-refractivity contribution in [2.24, 2.45) is 0 Å². The van der Waals surface area contributed by atoms with E-state index in [1.807, 2.05) is 18.5 Å². The van der Waals surface area contributed by atoms with Gasteiger partial charge in [0.2, 0.25) is 0 Å². The zero-order chi connectivity index (χ0) is 9.14. The predicted molar refractivity (Wildman–Crippen MR) is 50.0 cm³/mol. The molecule has 1 heterocycles. The van der Waals surface area contributed by atoms with Gasteiger partial charge in [-0.2, -0.15) is 5.10 Å². The van der Waals surface area contributed by atoms with Gasteiger partial charge in [-0.25, -0.2) is 0 Å². The predicted octanol–water partition coefficient (Wildman–Crippen LogP) is 2.62. The third kappa shape index (κ3) is 1.86. The van der Waals surface area contributed by atoms with E-state index in [1.165, 1.54) is 0 Å². The molecule has 0 bridgehead atoms. The lowest BCUT2D eigenvalue weighted by Gasteiger charge is -2.00. The van der Waals surface area contributed by atoms with Crippen LogP contribution in [-0.2, 0) is 6.54 Å². The quantitative estimate of drug-likeness (QED) is 0.787. The minimum Gasteiger partial charge on any atom is -0.268 e. The van der Waals surface area contributed by atoms with Crippen molar-refractivity contribution in [2.45, 2.75) is 26.8 Å². The van der Waals surface area contributed by atoms with Gasteiger partial charge < -0.3 is 0 Å². The van der Waals surface area contributed by atoms with Crippen molar-refractivity contribution in [3.05, 3.63) is 15.9 Å². The molecule has 0 unspecified atom stereocenters. The van der Waals surface area contributed by atoms with Crippen LogP contribution < -0.4 is 0 Å². The van der Waals surface area contributed by atoms with Gasteiger partial charge in [0.1, 0.15) is 0 Å². The highest BCUT2D eigenvalue weighted by molar-refractivity contribution is 9.10. The first kappa shape index (κ1) is 9.71. The van der Waals surface area contributed by atoms with Gasteiger partial charge in [-0.3, -0.25) is 9.07 Å². The van der Waals surface area contributed by atoms with Crippen LogP contribution in [0.1, 0.15) is 17.8 Å². The molecule has 0 saturated carbocycles. The molecule has 1 aromatic rings. The monoisotopic (exact) mass is 234 g/mol. The average molecular weight is 235 g/mol. The number of hydrogen-bond donors (Lipinski definition) is 0. The summed E-state index contributed by atoms with van der Waals surface area (Å²) in [5.74, 6) is 0. The van der Waals surface area contributed by atoms with Crippen LogP contribution in [0.2, 0.25) is 0 Å². The molecule has 0 aliphatic heterocycles. The molecule has 12 heavy (non-hydrogen) atoms. The lowest BCUT2D eigenvalue weighted by atomic mass is 10.4. The largest absolute Gasteiger partial charge is 0.268 e. The summed E-state index contributed by atoms with van der Waals surface area (Å²) in [6.07, 6.45) is 0.536. The zero-order valence-corrected chi connectivity index (χ0v) is 8.86. The van der Waals surface area contributed by atoms with Crippen LogP contribution in [0.5, 0.6) is 0 Å². The van der Waals surface area contributed by atoms with Crippen LogP contribution in [0.25, 0.3) is 0 Å². The highest BCUT2D eigenvalue weighted by Gasteiger charge is 2.07. The summed E-state index contributed by atoms with van der Waals surface area (Å²) in [7, 11) is 0. The van der Waals surface area contributed by atoms with Gasteiger partial charge in [0.15, 0.2) is 0 Å². The molecule has 0 atom stereocenters. The van der Waals surface area contributed by atoms with Gasteiger partial charge in [0.05, 0.1) is 16.8 Å². The van der Waals surface area contributed by atoms with Crippen LogP contribution in [0.4, 0.5) is 4.39 Å². The van der Waals surface area contributed by atoms with Crippen LogP contribution >= 0.6 is 15.9 Å². The van der Waals surface area contributed by atoms with Gasteiger partial charge in [-0.05, 0) is 36.2 Å². The number of aryl methyl sites for hydroxylation is 2. The number of hydrogen-bond acceptors (Lipinski definition) is 1. The molecule has 0 N–H and O–H groups in total. The van der Waals surface area contributed by atoms with Crippen molar-refractivity contribution in [3.8, 4) is 0 Å². The van der Waals surface area contributed by atoms with Crippen LogP contribution in [0.3, 0.4) is 0 Å². The zero-order valence-electron chi connectivity index (χ0n) is 7.27. The first-order chi connectivity index (χ1) is 5.66. The van der Waals surface area contributed by atoms with E-state index in [2.05, 4.69) is 21.0 Å². The second-order valence-corrected chi connectivity index (χ2v) is 3.54. The van der Waals surface area contributed by atoms with E-state index in [0.29, 0.717) is 13.0 Å². The van der Waals surface area contributed by atoms with Crippen molar-refractivity contribution in [1.82, 2.24) is 9.78 Å². The Balaban J connectivity index is 2.79. The van der Waals surface area contributed by atoms with E-state index >= 15 is 0 Å². The van der Waals surface area contributed by atoms with Crippen molar-refractivity contribution in [2.75, 3.05) is 6.67 Å². The molecule has 0 aliphatic carbocycles. The summed E-state index contributed by atoms with van der Waals surface area (Å²) in [4.78, 5) is 0. The Morgan fingerprint density at radius 1 is 1.50 bits per heavy atom. The maximum Gasteiger partial charge on any atom is 0.0912 e. The van der Waals surface area contributed by atoms with Gasteiger partial charge in [0, 0.05) is 12.2 Å². The number of halogens is 2. The molecule has 0 spiro atoms. The second-order valence-electron chi connectivity index (χ2n) is 2.75. The molecule has 68 valence electrons. The molecule has 0 fully saturated rings. The van der Waals surface area contributed by atoms with E-state index in [-0.39, 0.29) is 6.67 Å². The van der Waals surface area contributed by atoms with E-state index in [1.54, 1.807) is 0 Å². The fourth-order valence-corrected chi connectivity index (χ4v) is 1.39. The fraction of sp³-hybridized carbons (Fsp3) is 0.625. The Morgan fingerprint density at radius 2 is 2.17 bits per heavy atom. The summed E-state index contributed by atoms with van der Waals surface area (Å²) < 4.78 is 14.7. The highest BCUT2D eigenvalue weighted by Crippen LogP contribution is 2.19. The maximum atomic E-state index is 11.9. The number of alkyl halides is 1. The highest BCUT2D eigenvalue weighted by atomic mass is 79.9. The van der Waals surface area contributed by atoms with E-state index in [4.69, 9.17) is 0 Å². The van der Waals surface area contributed by atoms with Crippen molar-refractivity contribution >= 4 is 15.9 Å². The molecule has 1 rings (SSSR count). The average Bonchev–Trinajstić information content (AvgIpc) is 2.30.